The van der Waals surface area contributed by atoms with Crippen LogP contribution in [0.25, 0.3) is 0 Å². The SMILES string of the molecule is O=C(c1ccc(=O)oc1)N1CCC(Oc2cc(C(F)(F)F)ccn2)C1. The van der Waals surface area contributed by atoms with Gasteiger partial charge in [0.25, 0.3) is 5.91 Å². The molecule has 0 bridgehead atoms. The van der Waals surface area contributed by atoms with Crippen molar-refractivity contribution in [2.75, 3.05) is 13.1 Å². The zero-order valence-corrected chi connectivity index (χ0v) is 12.8. The number of carbonyl (C=O) groups excluding carboxylic acids is 1. The van der Waals surface area contributed by atoms with Crippen molar-refractivity contribution in [1.29, 1.82) is 0 Å². The first kappa shape index (κ1) is 17.0. The first-order chi connectivity index (χ1) is 11.8. The van der Waals surface area contributed by atoms with Crippen molar-refractivity contribution in [3.63, 3.8) is 0 Å². The van der Waals surface area contributed by atoms with Crippen LogP contribution >= 0.6 is 0 Å². The number of pyridine rings is 1. The Bertz CT molecular complexity index is 814. The van der Waals surface area contributed by atoms with Crippen LogP contribution in [0, 0.1) is 0 Å². The molecule has 1 aliphatic rings. The van der Waals surface area contributed by atoms with Gasteiger partial charge in [0.2, 0.25) is 5.88 Å². The van der Waals surface area contributed by atoms with E-state index in [2.05, 4.69) is 9.40 Å². The number of hydrogen-bond donors (Lipinski definition) is 0. The fourth-order valence-electron chi connectivity index (χ4n) is 2.49. The van der Waals surface area contributed by atoms with Crippen molar-refractivity contribution < 1.29 is 27.1 Å². The van der Waals surface area contributed by atoms with E-state index < -0.39 is 23.5 Å². The quantitative estimate of drug-likeness (QED) is 0.846. The lowest BCUT2D eigenvalue weighted by Crippen LogP contribution is -2.31. The largest absolute Gasteiger partial charge is 0.472 e. The average Bonchev–Trinajstić information content (AvgIpc) is 3.03. The summed E-state index contributed by atoms with van der Waals surface area (Å²) >= 11 is 0. The molecule has 1 amide bonds. The highest BCUT2D eigenvalue weighted by atomic mass is 19.4. The van der Waals surface area contributed by atoms with E-state index in [1.165, 1.54) is 11.0 Å². The molecule has 0 aromatic carbocycles. The van der Waals surface area contributed by atoms with Crippen LogP contribution in [0.1, 0.15) is 22.3 Å². The van der Waals surface area contributed by atoms with Crippen molar-refractivity contribution in [3.05, 3.63) is 58.3 Å². The molecule has 25 heavy (non-hydrogen) atoms. The lowest BCUT2D eigenvalue weighted by molar-refractivity contribution is -0.137. The van der Waals surface area contributed by atoms with Crippen molar-refractivity contribution in [2.24, 2.45) is 0 Å². The summed E-state index contributed by atoms with van der Waals surface area (Å²) in [6.45, 7) is 0.581. The number of halogens is 3. The maximum absolute atomic E-state index is 12.7. The van der Waals surface area contributed by atoms with E-state index in [1.807, 2.05) is 0 Å². The normalized spacial score (nSPS) is 17.6. The van der Waals surface area contributed by atoms with Gasteiger partial charge in [-0.15, -0.1) is 0 Å². The van der Waals surface area contributed by atoms with E-state index in [1.54, 1.807) is 0 Å². The van der Waals surface area contributed by atoms with Crippen molar-refractivity contribution >= 4 is 5.91 Å². The van der Waals surface area contributed by atoms with Gasteiger partial charge in [-0.3, -0.25) is 4.79 Å². The number of aromatic nitrogens is 1. The predicted molar refractivity (Wildman–Crippen MR) is 79.2 cm³/mol. The summed E-state index contributed by atoms with van der Waals surface area (Å²) in [4.78, 5) is 28.5. The second kappa shape index (κ2) is 6.58. The third-order valence-corrected chi connectivity index (χ3v) is 3.73. The summed E-state index contributed by atoms with van der Waals surface area (Å²) in [5.41, 5.74) is -1.19. The molecule has 9 heteroatoms. The number of amides is 1. The Morgan fingerprint density at radius 3 is 2.80 bits per heavy atom. The molecule has 3 heterocycles. The van der Waals surface area contributed by atoms with E-state index in [0.717, 1.165) is 30.7 Å². The van der Waals surface area contributed by atoms with E-state index in [-0.39, 0.29) is 23.9 Å². The predicted octanol–water partition coefficient (Wildman–Crippen LogP) is 2.35. The molecule has 2 aromatic heterocycles. The smallest absolute Gasteiger partial charge is 0.416 e. The maximum atomic E-state index is 12.7. The van der Waals surface area contributed by atoms with Gasteiger partial charge in [0.05, 0.1) is 17.7 Å². The summed E-state index contributed by atoms with van der Waals surface area (Å²) < 4.78 is 48.2. The molecule has 0 spiro atoms. The Morgan fingerprint density at radius 1 is 1.32 bits per heavy atom. The molecule has 0 aliphatic carbocycles. The first-order valence-corrected chi connectivity index (χ1v) is 7.41. The molecule has 2 aromatic rings. The highest BCUT2D eigenvalue weighted by Crippen LogP contribution is 2.31. The van der Waals surface area contributed by atoms with Gasteiger partial charge < -0.3 is 14.1 Å². The van der Waals surface area contributed by atoms with Gasteiger partial charge in [-0.2, -0.15) is 13.2 Å². The summed E-state index contributed by atoms with van der Waals surface area (Å²) in [5, 5.41) is 0. The van der Waals surface area contributed by atoms with E-state index in [0.29, 0.717) is 13.0 Å². The molecule has 0 saturated carbocycles. The summed E-state index contributed by atoms with van der Waals surface area (Å²) in [6.07, 6.45) is -2.37. The number of ether oxygens (including phenoxy) is 1. The number of nitrogens with zero attached hydrogens (tertiary/aromatic N) is 2. The topological polar surface area (TPSA) is 72.6 Å². The van der Waals surface area contributed by atoms with Crippen LogP contribution in [0.4, 0.5) is 13.2 Å². The van der Waals surface area contributed by atoms with Crippen LogP contribution in [0.5, 0.6) is 5.88 Å². The van der Waals surface area contributed by atoms with Crippen LogP contribution in [0.3, 0.4) is 0 Å². The molecule has 6 nitrogen and oxygen atoms in total. The Kier molecular flexibility index (Phi) is 4.47. The molecular formula is C16H13F3N2O4. The van der Waals surface area contributed by atoms with Crippen LogP contribution in [-0.4, -0.2) is 35.0 Å². The summed E-state index contributed by atoms with van der Waals surface area (Å²) in [7, 11) is 0. The molecule has 1 unspecified atom stereocenters. The van der Waals surface area contributed by atoms with Crippen LogP contribution < -0.4 is 10.4 Å². The van der Waals surface area contributed by atoms with E-state index in [4.69, 9.17) is 4.74 Å². The number of hydrogen-bond acceptors (Lipinski definition) is 5. The summed E-state index contributed by atoms with van der Waals surface area (Å²) in [6, 6.07) is 4.19. The standard InChI is InChI=1S/C16H13F3N2O4/c17-16(18,19)11-3-5-20-13(7-11)25-12-4-6-21(8-12)15(23)10-1-2-14(22)24-9-10/h1-3,5,7,9,12H,4,6,8H2. The van der Waals surface area contributed by atoms with Crippen LogP contribution in [-0.2, 0) is 6.18 Å². The highest BCUT2D eigenvalue weighted by Gasteiger charge is 2.32. The molecule has 0 N–H and O–H groups in total. The van der Waals surface area contributed by atoms with Gasteiger partial charge in [-0.1, -0.05) is 0 Å². The zero-order chi connectivity index (χ0) is 18.0. The van der Waals surface area contributed by atoms with Crippen molar-refractivity contribution in [1.82, 2.24) is 9.88 Å². The van der Waals surface area contributed by atoms with Gasteiger partial charge in [-0.05, 0) is 12.1 Å². The minimum atomic E-state index is -4.48. The molecule has 3 rings (SSSR count). The molecule has 1 aliphatic heterocycles. The molecular weight excluding hydrogens is 341 g/mol. The molecule has 1 fully saturated rings. The van der Waals surface area contributed by atoms with E-state index in [9.17, 15) is 22.8 Å². The highest BCUT2D eigenvalue weighted by molar-refractivity contribution is 5.93. The minimum absolute atomic E-state index is 0.139. The van der Waals surface area contributed by atoms with Gasteiger partial charge in [0.1, 0.15) is 12.4 Å². The van der Waals surface area contributed by atoms with Gasteiger partial charge in [0, 0.05) is 31.3 Å². The van der Waals surface area contributed by atoms with E-state index >= 15 is 0 Å². The Labute approximate surface area is 139 Å². The number of carbonyl (C=O) groups is 1. The fraction of sp³-hybridized carbons (Fsp3) is 0.312. The molecule has 1 saturated heterocycles. The Hall–Kier alpha value is -2.84. The maximum Gasteiger partial charge on any atom is 0.416 e. The Morgan fingerprint density at radius 2 is 2.12 bits per heavy atom. The second-order valence-electron chi connectivity index (χ2n) is 5.50. The van der Waals surface area contributed by atoms with Crippen molar-refractivity contribution in [3.8, 4) is 5.88 Å². The van der Waals surface area contributed by atoms with Crippen LogP contribution in [0.2, 0.25) is 0 Å². The molecule has 1 atom stereocenters. The zero-order valence-electron chi connectivity index (χ0n) is 12.8. The summed E-state index contributed by atoms with van der Waals surface area (Å²) in [5.74, 6) is -0.480. The lowest BCUT2D eigenvalue weighted by Gasteiger charge is -2.17. The molecule has 0 radical (unpaired) electrons. The second-order valence-corrected chi connectivity index (χ2v) is 5.50. The number of alkyl halides is 3. The third-order valence-electron chi connectivity index (χ3n) is 3.73. The monoisotopic (exact) mass is 354 g/mol. The third kappa shape index (κ3) is 3.98. The molecule has 132 valence electrons. The van der Waals surface area contributed by atoms with Crippen molar-refractivity contribution in [2.45, 2.75) is 18.7 Å². The van der Waals surface area contributed by atoms with Gasteiger partial charge in [-0.25, -0.2) is 9.78 Å². The number of likely N-dealkylation sites (tertiary alicyclic amines) is 1. The lowest BCUT2D eigenvalue weighted by atomic mass is 10.2. The number of rotatable bonds is 3. The van der Waals surface area contributed by atoms with Crippen LogP contribution in [0.15, 0.2) is 45.9 Å². The fourth-order valence-corrected chi connectivity index (χ4v) is 2.49. The Balaban J connectivity index is 1.64. The first-order valence-electron chi connectivity index (χ1n) is 7.41. The van der Waals surface area contributed by atoms with Gasteiger partial charge >= 0.3 is 11.8 Å². The average molecular weight is 354 g/mol. The van der Waals surface area contributed by atoms with Gasteiger partial charge in [0.15, 0.2) is 0 Å². The minimum Gasteiger partial charge on any atom is -0.472 e.